The average molecular weight is 252 g/mol. The van der Waals surface area contributed by atoms with Gasteiger partial charge < -0.3 is 10.4 Å². The number of benzene rings is 1. The van der Waals surface area contributed by atoms with Crippen molar-refractivity contribution < 1.29 is 10.0 Å². The van der Waals surface area contributed by atoms with Crippen molar-refractivity contribution in [3.8, 4) is 0 Å². The molecule has 0 bridgehead atoms. The van der Waals surface area contributed by atoms with Crippen LogP contribution in [0.4, 0.5) is 11.4 Å². The van der Waals surface area contributed by atoms with E-state index in [4.69, 9.17) is 0 Å². The molecule has 0 aliphatic heterocycles. The van der Waals surface area contributed by atoms with Gasteiger partial charge in [0.1, 0.15) is 0 Å². The first-order chi connectivity index (χ1) is 8.12. The zero-order chi connectivity index (χ0) is 14.1. The third-order valence-electron chi connectivity index (χ3n) is 3.17. The van der Waals surface area contributed by atoms with Crippen molar-refractivity contribution in [1.29, 1.82) is 0 Å². The molecule has 1 aromatic rings. The highest BCUT2D eigenvalue weighted by molar-refractivity contribution is 5.60. The Balaban J connectivity index is 3.10. The predicted molar refractivity (Wildman–Crippen MR) is 72.0 cm³/mol. The number of rotatable bonds is 4. The molecule has 0 spiro atoms. The molecule has 1 atom stereocenters. The van der Waals surface area contributed by atoms with Crippen LogP contribution in [0, 0.1) is 24.0 Å². The Morgan fingerprint density at radius 1 is 1.33 bits per heavy atom. The Bertz CT molecular complexity index is 464. The minimum atomic E-state index is -0.897. The van der Waals surface area contributed by atoms with Gasteiger partial charge in [0.2, 0.25) is 0 Å². The summed E-state index contributed by atoms with van der Waals surface area (Å²) in [6.07, 6.45) is 0. The molecule has 100 valence electrons. The lowest BCUT2D eigenvalue weighted by molar-refractivity contribution is -0.385. The minimum absolute atomic E-state index is 0.0889. The number of aryl methyl sites for hydroxylation is 2. The molecule has 0 saturated heterocycles. The van der Waals surface area contributed by atoms with Crippen LogP contribution in [0.15, 0.2) is 12.1 Å². The summed E-state index contributed by atoms with van der Waals surface area (Å²) in [5, 5.41) is 23.9. The first-order valence-corrected chi connectivity index (χ1v) is 5.87. The lowest BCUT2D eigenvalue weighted by Gasteiger charge is -2.28. The van der Waals surface area contributed by atoms with Gasteiger partial charge in [-0.15, -0.1) is 0 Å². The SMILES string of the molecule is Cc1cc(C)c([N+](=O)[O-])cc1NC(C)C(C)(C)O. The van der Waals surface area contributed by atoms with Gasteiger partial charge >= 0.3 is 0 Å². The molecule has 0 amide bonds. The van der Waals surface area contributed by atoms with E-state index in [2.05, 4.69) is 5.32 Å². The molecule has 0 fully saturated rings. The van der Waals surface area contributed by atoms with Gasteiger partial charge in [-0.25, -0.2) is 0 Å². The summed E-state index contributed by atoms with van der Waals surface area (Å²) < 4.78 is 0. The molecule has 5 heteroatoms. The summed E-state index contributed by atoms with van der Waals surface area (Å²) in [6.45, 7) is 8.83. The van der Waals surface area contributed by atoms with Crippen molar-refractivity contribution in [2.75, 3.05) is 5.32 Å². The van der Waals surface area contributed by atoms with Gasteiger partial charge in [0.05, 0.1) is 16.6 Å². The number of hydrogen-bond donors (Lipinski definition) is 2. The first kappa shape index (κ1) is 14.4. The number of hydrogen-bond acceptors (Lipinski definition) is 4. The maximum atomic E-state index is 10.9. The van der Waals surface area contributed by atoms with Gasteiger partial charge in [0.25, 0.3) is 5.69 Å². The molecular formula is C13H20N2O3. The molecule has 0 aromatic heterocycles. The van der Waals surface area contributed by atoms with Crippen LogP contribution >= 0.6 is 0 Å². The number of nitro benzene ring substituents is 1. The molecule has 0 aliphatic rings. The van der Waals surface area contributed by atoms with E-state index in [-0.39, 0.29) is 11.7 Å². The van der Waals surface area contributed by atoms with Crippen LogP contribution in [0.5, 0.6) is 0 Å². The molecule has 0 aliphatic carbocycles. The normalized spacial score (nSPS) is 13.2. The van der Waals surface area contributed by atoms with Crippen LogP contribution in [0.3, 0.4) is 0 Å². The van der Waals surface area contributed by atoms with Crippen LogP contribution in [-0.4, -0.2) is 21.7 Å². The second-order valence-corrected chi connectivity index (χ2v) is 5.23. The van der Waals surface area contributed by atoms with Crippen molar-refractivity contribution in [1.82, 2.24) is 0 Å². The van der Waals surface area contributed by atoms with Crippen LogP contribution < -0.4 is 5.32 Å². The van der Waals surface area contributed by atoms with E-state index in [1.807, 2.05) is 13.8 Å². The number of anilines is 1. The second-order valence-electron chi connectivity index (χ2n) is 5.23. The topological polar surface area (TPSA) is 75.4 Å². The maximum absolute atomic E-state index is 10.9. The van der Waals surface area contributed by atoms with Crippen LogP contribution in [0.1, 0.15) is 31.9 Å². The van der Waals surface area contributed by atoms with E-state index in [0.29, 0.717) is 11.3 Å². The third-order valence-corrected chi connectivity index (χ3v) is 3.17. The monoisotopic (exact) mass is 252 g/mol. The zero-order valence-corrected chi connectivity index (χ0v) is 11.4. The van der Waals surface area contributed by atoms with Gasteiger partial charge in [0.15, 0.2) is 0 Å². The summed E-state index contributed by atoms with van der Waals surface area (Å²) in [6, 6.07) is 3.09. The largest absolute Gasteiger partial charge is 0.388 e. The number of nitrogens with one attached hydrogen (secondary N) is 1. The Morgan fingerprint density at radius 2 is 1.89 bits per heavy atom. The summed E-state index contributed by atoms with van der Waals surface area (Å²) in [5.74, 6) is 0. The van der Waals surface area contributed by atoms with Crippen molar-refractivity contribution in [3.63, 3.8) is 0 Å². The molecule has 1 aromatic carbocycles. The Morgan fingerprint density at radius 3 is 2.33 bits per heavy atom. The van der Waals surface area contributed by atoms with E-state index in [9.17, 15) is 15.2 Å². The molecule has 0 radical (unpaired) electrons. The minimum Gasteiger partial charge on any atom is -0.388 e. The van der Waals surface area contributed by atoms with E-state index in [1.54, 1.807) is 26.8 Å². The van der Waals surface area contributed by atoms with E-state index in [0.717, 1.165) is 5.56 Å². The van der Waals surface area contributed by atoms with E-state index >= 15 is 0 Å². The number of nitrogens with zero attached hydrogens (tertiary/aromatic N) is 1. The van der Waals surface area contributed by atoms with Gasteiger partial charge in [-0.1, -0.05) is 0 Å². The van der Waals surface area contributed by atoms with Crippen molar-refractivity contribution >= 4 is 11.4 Å². The average Bonchev–Trinajstić information content (AvgIpc) is 2.19. The lowest BCUT2D eigenvalue weighted by atomic mass is 9.99. The van der Waals surface area contributed by atoms with Crippen LogP contribution in [0.2, 0.25) is 0 Å². The van der Waals surface area contributed by atoms with Crippen molar-refractivity contribution in [3.05, 3.63) is 33.4 Å². The lowest BCUT2D eigenvalue weighted by Crippen LogP contribution is -2.39. The molecule has 1 unspecified atom stereocenters. The molecule has 5 nitrogen and oxygen atoms in total. The summed E-state index contributed by atoms with van der Waals surface area (Å²) in [5.41, 5.74) is 1.44. The predicted octanol–water partition coefficient (Wildman–Crippen LogP) is 2.78. The Labute approximate surface area is 107 Å². The summed E-state index contributed by atoms with van der Waals surface area (Å²) in [4.78, 5) is 10.5. The Kier molecular flexibility index (Phi) is 3.96. The molecule has 0 heterocycles. The Hall–Kier alpha value is -1.62. The van der Waals surface area contributed by atoms with Crippen molar-refractivity contribution in [2.45, 2.75) is 46.3 Å². The van der Waals surface area contributed by atoms with Crippen LogP contribution in [0.25, 0.3) is 0 Å². The molecule has 1 rings (SSSR count). The zero-order valence-electron chi connectivity index (χ0n) is 11.4. The molecule has 2 N–H and O–H groups in total. The fraction of sp³-hybridized carbons (Fsp3) is 0.538. The third kappa shape index (κ3) is 3.20. The van der Waals surface area contributed by atoms with Gasteiger partial charge in [-0.05, 0) is 46.2 Å². The number of nitro groups is 1. The van der Waals surface area contributed by atoms with E-state index < -0.39 is 10.5 Å². The van der Waals surface area contributed by atoms with E-state index in [1.165, 1.54) is 6.07 Å². The molecule has 18 heavy (non-hydrogen) atoms. The van der Waals surface area contributed by atoms with Gasteiger partial charge in [-0.3, -0.25) is 10.1 Å². The summed E-state index contributed by atoms with van der Waals surface area (Å²) >= 11 is 0. The molecule has 0 saturated carbocycles. The van der Waals surface area contributed by atoms with Crippen LogP contribution in [-0.2, 0) is 0 Å². The summed E-state index contributed by atoms with van der Waals surface area (Å²) in [7, 11) is 0. The quantitative estimate of drug-likeness (QED) is 0.638. The number of aliphatic hydroxyl groups is 1. The fourth-order valence-corrected chi connectivity index (χ4v) is 1.60. The van der Waals surface area contributed by atoms with Gasteiger partial charge in [0, 0.05) is 17.3 Å². The van der Waals surface area contributed by atoms with Gasteiger partial charge in [-0.2, -0.15) is 0 Å². The fourth-order valence-electron chi connectivity index (χ4n) is 1.60. The van der Waals surface area contributed by atoms with Crippen molar-refractivity contribution in [2.24, 2.45) is 0 Å². The highest BCUT2D eigenvalue weighted by Gasteiger charge is 2.23. The highest BCUT2D eigenvalue weighted by Crippen LogP contribution is 2.27. The smallest absolute Gasteiger partial charge is 0.274 e. The maximum Gasteiger partial charge on any atom is 0.274 e. The molecular weight excluding hydrogens is 232 g/mol. The standard InChI is InChI=1S/C13H20N2O3/c1-8-6-9(2)12(15(17)18)7-11(8)14-10(3)13(4,5)16/h6-7,10,14,16H,1-5H3. The second kappa shape index (κ2) is 4.94. The first-order valence-electron chi connectivity index (χ1n) is 5.87. The highest BCUT2D eigenvalue weighted by atomic mass is 16.6.